The highest BCUT2D eigenvalue weighted by molar-refractivity contribution is 4.85. The quantitative estimate of drug-likeness (QED) is 0.797. The van der Waals surface area contributed by atoms with Crippen LogP contribution in [0.2, 0.25) is 0 Å². The largest absolute Gasteiger partial charge is 0.381 e. The molecule has 0 aromatic rings. The first-order chi connectivity index (χ1) is 7.66. The molecule has 1 heterocycles. The highest BCUT2D eigenvalue weighted by Gasteiger charge is 2.29. The van der Waals surface area contributed by atoms with Gasteiger partial charge in [-0.2, -0.15) is 0 Å². The van der Waals surface area contributed by atoms with E-state index < -0.39 is 0 Å². The highest BCUT2D eigenvalue weighted by Crippen LogP contribution is 2.29. The number of rotatable bonds is 3. The molecule has 1 N–H and O–H groups in total. The molecule has 1 saturated carbocycles. The molecule has 0 amide bonds. The van der Waals surface area contributed by atoms with E-state index in [0.29, 0.717) is 6.04 Å². The van der Waals surface area contributed by atoms with Gasteiger partial charge in [-0.15, -0.1) is 0 Å². The van der Waals surface area contributed by atoms with Crippen molar-refractivity contribution in [2.45, 2.75) is 58.5 Å². The van der Waals surface area contributed by atoms with E-state index in [1.807, 2.05) is 0 Å². The fourth-order valence-corrected chi connectivity index (χ4v) is 3.33. The maximum absolute atomic E-state index is 5.47. The van der Waals surface area contributed by atoms with Crippen LogP contribution in [0.15, 0.2) is 0 Å². The van der Waals surface area contributed by atoms with Crippen molar-refractivity contribution in [1.29, 1.82) is 0 Å². The lowest BCUT2D eigenvalue weighted by Gasteiger charge is -2.36. The Morgan fingerprint density at radius 1 is 1.19 bits per heavy atom. The van der Waals surface area contributed by atoms with E-state index in [2.05, 4.69) is 26.1 Å². The minimum absolute atomic E-state index is 0.628. The standard InChI is InChI=1S/C14H27NO/c1-10-4-5-14(11(2)8-10)15-12(3)13-6-7-16-9-13/h10-15H,4-9H2,1-3H3. The zero-order valence-corrected chi connectivity index (χ0v) is 11.0. The molecule has 16 heavy (non-hydrogen) atoms. The second kappa shape index (κ2) is 5.50. The van der Waals surface area contributed by atoms with Crippen molar-refractivity contribution in [2.24, 2.45) is 17.8 Å². The van der Waals surface area contributed by atoms with Crippen molar-refractivity contribution >= 4 is 0 Å². The van der Waals surface area contributed by atoms with Gasteiger partial charge in [0.2, 0.25) is 0 Å². The molecular formula is C14H27NO. The molecule has 1 aliphatic carbocycles. The zero-order chi connectivity index (χ0) is 11.5. The van der Waals surface area contributed by atoms with E-state index in [1.54, 1.807) is 0 Å². The van der Waals surface area contributed by atoms with Crippen LogP contribution in [-0.2, 0) is 4.74 Å². The van der Waals surface area contributed by atoms with Gasteiger partial charge in [-0.05, 0) is 50.4 Å². The summed E-state index contributed by atoms with van der Waals surface area (Å²) < 4.78 is 5.47. The van der Waals surface area contributed by atoms with Crippen molar-refractivity contribution in [3.05, 3.63) is 0 Å². The molecule has 0 aromatic carbocycles. The van der Waals surface area contributed by atoms with Crippen LogP contribution in [0.5, 0.6) is 0 Å². The molecule has 2 aliphatic rings. The summed E-state index contributed by atoms with van der Waals surface area (Å²) in [6, 6.07) is 1.37. The minimum atomic E-state index is 0.628. The molecular weight excluding hydrogens is 198 g/mol. The van der Waals surface area contributed by atoms with Gasteiger partial charge in [0.15, 0.2) is 0 Å². The molecule has 2 rings (SSSR count). The second-order valence-electron chi connectivity index (χ2n) is 6.08. The smallest absolute Gasteiger partial charge is 0.0509 e. The van der Waals surface area contributed by atoms with Gasteiger partial charge in [0, 0.05) is 18.7 Å². The SMILES string of the molecule is CC1CCC(NC(C)C2CCOC2)C(C)C1. The van der Waals surface area contributed by atoms with Gasteiger partial charge in [-0.1, -0.05) is 13.8 Å². The number of ether oxygens (including phenoxy) is 1. The number of nitrogens with one attached hydrogen (secondary N) is 1. The molecule has 94 valence electrons. The van der Waals surface area contributed by atoms with Crippen LogP contribution in [0, 0.1) is 17.8 Å². The first kappa shape index (κ1) is 12.4. The van der Waals surface area contributed by atoms with Crippen LogP contribution in [0.3, 0.4) is 0 Å². The van der Waals surface area contributed by atoms with Crippen LogP contribution in [-0.4, -0.2) is 25.3 Å². The lowest BCUT2D eigenvalue weighted by molar-refractivity contribution is 0.164. The fraction of sp³-hybridized carbons (Fsp3) is 1.00. The molecule has 0 aromatic heterocycles. The predicted molar refractivity (Wildman–Crippen MR) is 67.5 cm³/mol. The van der Waals surface area contributed by atoms with Gasteiger partial charge in [-0.3, -0.25) is 0 Å². The maximum atomic E-state index is 5.47. The normalized spacial score (nSPS) is 42.2. The van der Waals surface area contributed by atoms with Crippen molar-refractivity contribution < 1.29 is 4.74 Å². The molecule has 1 aliphatic heterocycles. The van der Waals surface area contributed by atoms with Gasteiger partial charge in [0.1, 0.15) is 0 Å². The first-order valence-corrected chi connectivity index (χ1v) is 7.00. The molecule has 5 atom stereocenters. The highest BCUT2D eigenvalue weighted by atomic mass is 16.5. The maximum Gasteiger partial charge on any atom is 0.0509 e. The molecule has 1 saturated heterocycles. The monoisotopic (exact) mass is 225 g/mol. The third-order valence-electron chi connectivity index (χ3n) is 4.58. The Balaban J connectivity index is 1.79. The van der Waals surface area contributed by atoms with Gasteiger partial charge in [0.05, 0.1) is 6.61 Å². The van der Waals surface area contributed by atoms with E-state index in [-0.39, 0.29) is 0 Å². The van der Waals surface area contributed by atoms with Crippen molar-refractivity contribution in [2.75, 3.05) is 13.2 Å². The van der Waals surface area contributed by atoms with Crippen LogP contribution >= 0.6 is 0 Å². The molecule has 0 radical (unpaired) electrons. The summed E-state index contributed by atoms with van der Waals surface area (Å²) in [7, 11) is 0. The summed E-state index contributed by atoms with van der Waals surface area (Å²) >= 11 is 0. The zero-order valence-electron chi connectivity index (χ0n) is 11.0. The molecule has 2 nitrogen and oxygen atoms in total. The Labute approximate surface area is 100 Å². The third kappa shape index (κ3) is 2.98. The Morgan fingerprint density at radius 2 is 2.00 bits per heavy atom. The summed E-state index contributed by atoms with van der Waals surface area (Å²) in [6.45, 7) is 9.07. The van der Waals surface area contributed by atoms with E-state index in [0.717, 1.165) is 37.0 Å². The van der Waals surface area contributed by atoms with Gasteiger partial charge in [0.25, 0.3) is 0 Å². The molecule has 5 unspecified atom stereocenters. The van der Waals surface area contributed by atoms with E-state index in [9.17, 15) is 0 Å². The lowest BCUT2D eigenvalue weighted by Crippen LogP contribution is -2.46. The predicted octanol–water partition coefficient (Wildman–Crippen LogP) is 2.83. The molecule has 2 fully saturated rings. The molecule has 0 bridgehead atoms. The van der Waals surface area contributed by atoms with Gasteiger partial charge in [-0.25, -0.2) is 0 Å². The van der Waals surface area contributed by atoms with Gasteiger partial charge >= 0.3 is 0 Å². The van der Waals surface area contributed by atoms with Crippen LogP contribution in [0.4, 0.5) is 0 Å². The van der Waals surface area contributed by atoms with Crippen LogP contribution in [0.1, 0.15) is 46.5 Å². The number of hydrogen-bond donors (Lipinski definition) is 1. The summed E-state index contributed by atoms with van der Waals surface area (Å²) in [5.74, 6) is 2.51. The van der Waals surface area contributed by atoms with E-state index in [4.69, 9.17) is 4.74 Å². The average Bonchev–Trinajstić information content (AvgIpc) is 2.75. The summed E-state index contributed by atoms with van der Waals surface area (Å²) in [5.41, 5.74) is 0. The van der Waals surface area contributed by atoms with Crippen molar-refractivity contribution in [3.8, 4) is 0 Å². The molecule has 0 spiro atoms. The average molecular weight is 225 g/mol. The van der Waals surface area contributed by atoms with Crippen LogP contribution < -0.4 is 5.32 Å². The lowest BCUT2D eigenvalue weighted by atomic mass is 9.79. The summed E-state index contributed by atoms with van der Waals surface area (Å²) in [5, 5.41) is 3.85. The Bertz CT molecular complexity index is 213. The minimum Gasteiger partial charge on any atom is -0.381 e. The van der Waals surface area contributed by atoms with Crippen molar-refractivity contribution in [1.82, 2.24) is 5.32 Å². The third-order valence-corrected chi connectivity index (χ3v) is 4.58. The second-order valence-corrected chi connectivity index (χ2v) is 6.08. The van der Waals surface area contributed by atoms with E-state index >= 15 is 0 Å². The molecule has 2 heteroatoms. The fourth-order valence-electron chi connectivity index (χ4n) is 3.33. The Hall–Kier alpha value is -0.0800. The number of hydrogen-bond acceptors (Lipinski definition) is 2. The first-order valence-electron chi connectivity index (χ1n) is 7.00. The van der Waals surface area contributed by atoms with Gasteiger partial charge < -0.3 is 10.1 Å². The summed E-state index contributed by atoms with van der Waals surface area (Å²) in [6.07, 6.45) is 5.40. The topological polar surface area (TPSA) is 21.3 Å². The summed E-state index contributed by atoms with van der Waals surface area (Å²) in [4.78, 5) is 0. The Morgan fingerprint density at radius 3 is 2.62 bits per heavy atom. The van der Waals surface area contributed by atoms with E-state index in [1.165, 1.54) is 25.7 Å². The Kier molecular flexibility index (Phi) is 4.26. The van der Waals surface area contributed by atoms with Crippen LogP contribution in [0.25, 0.3) is 0 Å². The van der Waals surface area contributed by atoms with Crippen molar-refractivity contribution in [3.63, 3.8) is 0 Å².